The molecule has 2 aromatic carbocycles. The molecule has 0 fully saturated rings. The molecule has 4 N–H and O–H groups in total. The Balaban J connectivity index is 1.63. The van der Waals surface area contributed by atoms with E-state index in [1.165, 1.54) is 0 Å². The van der Waals surface area contributed by atoms with Gasteiger partial charge in [0.2, 0.25) is 21.9 Å². The molecule has 0 saturated carbocycles. The van der Waals surface area contributed by atoms with Gasteiger partial charge in [0, 0.05) is 25.7 Å². The van der Waals surface area contributed by atoms with Gasteiger partial charge in [-0.2, -0.15) is 4.98 Å². The molecule has 9 nitrogen and oxygen atoms in total. The first-order valence-electron chi connectivity index (χ1n) is 10.0. The van der Waals surface area contributed by atoms with Gasteiger partial charge in [-0.15, -0.1) is 0 Å². The van der Waals surface area contributed by atoms with Crippen molar-refractivity contribution in [1.82, 2.24) is 14.7 Å². The van der Waals surface area contributed by atoms with Crippen molar-refractivity contribution in [3.8, 4) is 17.4 Å². The maximum atomic E-state index is 11.1. The van der Waals surface area contributed by atoms with Crippen molar-refractivity contribution in [2.75, 3.05) is 25.2 Å². The minimum absolute atomic E-state index is 0.252. The topological polar surface area (TPSA) is 128 Å². The van der Waals surface area contributed by atoms with Gasteiger partial charge in [0.15, 0.2) is 0 Å². The molecule has 0 radical (unpaired) electrons. The van der Waals surface area contributed by atoms with E-state index >= 15 is 0 Å². The number of nitrogens with two attached hydrogens (primary N) is 1. The van der Waals surface area contributed by atoms with Crippen molar-refractivity contribution in [2.45, 2.75) is 19.5 Å². The van der Waals surface area contributed by atoms with Crippen molar-refractivity contribution in [2.24, 2.45) is 5.73 Å². The zero-order chi connectivity index (χ0) is 23.0. The van der Waals surface area contributed by atoms with Crippen LogP contribution in [0.3, 0.4) is 0 Å². The predicted octanol–water partition coefficient (Wildman–Crippen LogP) is 2.44. The fraction of sp³-hybridized carbons (Fsp3) is 0.273. The lowest BCUT2D eigenvalue weighted by atomic mass is 10.1. The molecule has 0 spiro atoms. The Labute approximate surface area is 188 Å². The number of methoxy groups -OCH3 is 1. The maximum Gasteiger partial charge on any atom is 0.226 e. The summed E-state index contributed by atoms with van der Waals surface area (Å²) < 4.78 is 35.8. The van der Waals surface area contributed by atoms with Gasteiger partial charge in [0.05, 0.1) is 19.1 Å². The smallest absolute Gasteiger partial charge is 0.226 e. The standard InChI is InChI=1S/C22H27N5O4S/c1-30-19-7-5-17(6-8-19)15-24-22-26-18(14-23)13-21(27-22)31-20-9-3-16(4-10-20)11-12-25-32(2,28)29/h3-10,13,25H,11-12,14-15,23H2,1-2H3,(H,24,26,27). The molecule has 170 valence electrons. The van der Waals surface area contributed by atoms with Crippen LogP contribution in [-0.4, -0.2) is 38.3 Å². The lowest BCUT2D eigenvalue weighted by Gasteiger charge is -2.11. The molecule has 3 aromatic rings. The van der Waals surface area contributed by atoms with E-state index < -0.39 is 10.0 Å². The molecular weight excluding hydrogens is 430 g/mol. The summed E-state index contributed by atoms with van der Waals surface area (Å²) in [6.45, 7) is 1.13. The number of nitrogens with one attached hydrogen (secondary N) is 2. The van der Waals surface area contributed by atoms with E-state index in [-0.39, 0.29) is 6.54 Å². The predicted molar refractivity (Wildman–Crippen MR) is 123 cm³/mol. The average molecular weight is 458 g/mol. The molecule has 0 aliphatic carbocycles. The third kappa shape index (κ3) is 7.49. The molecule has 3 rings (SSSR count). The Bertz CT molecular complexity index is 1120. The zero-order valence-corrected chi connectivity index (χ0v) is 18.9. The number of hydrogen-bond acceptors (Lipinski definition) is 8. The highest BCUT2D eigenvalue weighted by Crippen LogP contribution is 2.22. The van der Waals surface area contributed by atoms with Crippen LogP contribution in [0, 0.1) is 0 Å². The first-order valence-corrected chi connectivity index (χ1v) is 11.9. The highest BCUT2D eigenvalue weighted by molar-refractivity contribution is 7.88. The normalized spacial score (nSPS) is 11.2. The number of anilines is 1. The Morgan fingerprint density at radius 2 is 1.62 bits per heavy atom. The first-order chi connectivity index (χ1) is 15.3. The van der Waals surface area contributed by atoms with Crippen molar-refractivity contribution in [3.63, 3.8) is 0 Å². The second-order valence-electron chi connectivity index (χ2n) is 7.09. The minimum Gasteiger partial charge on any atom is -0.497 e. The summed E-state index contributed by atoms with van der Waals surface area (Å²) in [6.07, 6.45) is 1.72. The van der Waals surface area contributed by atoms with E-state index in [0.29, 0.717) is 42.8 Å². The highest BCUT2D eigenvalue weighted by Gasteiger charge is 2.07. The quantitative estimate of drug-likeness (QED) is 0.400. The van der Waals surface area contributed by atoms with E-state index in [1.54, 1.807) is 13.2 Å². The average Bonchev–Trinajstić information content (AvgIpc) is 2.78. The van der Waals surface area contributed by atoms with E-state index in [4.69, 9.17) is 15.2 Å². The van der Waals surface area contributed by atoms with Gasteiger partial charge in [-0.1, -0.05) is 24.3 Å². The molecule has 0 aliphatic rings. The van der Waals surface area contributed by atoms with Crippen molar-refractivity contribution in [1.29, 1.82) is 0 Å². The third-order valence-electron chi connectivity index (χ3n) is 4.50. The molecule has 0 saturated heterocycles. The van der Waals surface area contributed by atoms with Gasteiger partial charge in [-0.25, -0.2) is 18.1 Å². The molecule has 32 heavy (non-hydrogen) atoms. The second-order valence-corrected chi connectivity index (χ2v) is 8.92. The van der Waals surface area contributed by atoms with E-state index in [1.807, 2.05) is 48.5 Å². The fourth-order valence-corrected chi connectivity index (χ4v) is 3.33. The molecule has 0 atom stereocenters. The summed E-state index contributed by atoms with van der Waals surface area (Å²) in [5, 5.41) is 3.19. The SMILES string of the molecule is COc1ccc(CNc2nc(CN)cc(Oc3ccc(CCNS(C)(=O)=O)cc3)n2)cc1. The zero-order valence-electron chi connectivity index (χ0n) is 18.0. The molecule has 0 unspecified atom stereocenters. The number of nitrogens with zero attached hydrogens (tertiary/aromatic N) is 2. The highest BCUT2D eigenvalue weighted by atomic mass is 32.2. The Kier molecular flexibility index (Phi) is 7.98. The number of benzene rings is 2. The lowest BCUT2D eigenvalue weighted by molar-refractivity contribution is 0.414. The van der Waals surface area contributed by atoms with E-state index in [9.17, 15) is 8.42 Å². The number of aromatic nitrogens is 2. The summed E-state index contributed by atoms with van der Waals surface area (Å²) in [4.78, 5) is 8.83. The van der Waals surface area contributed by atoms with Gasteiger partial charge in [-0.3, -0.25) is 0 Å². The van der Waals surface area contributed by atoms with Crippen LogP contribution in [0.2, 0.25) is 0 Å². The number of rotatable bonds is 11. The van der Waals surface area contributed by atoms with Crippen LogP contribution in [0.25, 0.3) is 0 Å². The largest absolute Gasteiger partial charge is 0.497 e. The van der Waals surface area contributed by atoms with Crippen LogP contribution in [0.15, 0.2) is 54.6 Å². The van der Waals surface area contributed by atoms with Gasteiger partial charge < -0.3 is 20.5 Å². The van der Waals surface area contributed by atoms with E-state index in [0.717, 1.165) is 23.1 Å². The Hall–Kier alpha value is -3.21. The molecule has 10 heteroatoms. The fourth-order valence-electron chi connectivity index (χ4n) is 2.86. The van der Waals surface area contributed by atoms with Gasteiger partial charge in [-0.05, 0) is 41.8 Å². The van der Waals surface area contributed by atoms with Crippen LogP contribution in [0.5, 0.6) is 17.4 Å². The Morgan fingerprint density at radius 3 is 2.25 bits per heavy atom. The first kappa shape index (κ1) is 23.5. The number of sulfonamides is 1. The molecule has 1 aromatic heterocycles. The monoisotopic (exact) mass is 457 g/mol. The van der Waals surface area contributed by atoms with Crippen LogP contribution in [0.1, 0.15) is 16.8 Å². The van der Waals surface area contributed by atoms with Crippen LogP contribution in [-0.2, 0) is 29.5 Å². The summed E-state index contributed by atoms with van der Waals surface area (Å²) in [5.41, 5.74) is 8.47. The summed E-state index contributed by atoms with van der Waals surface area (Å²) in [5.74, 6) is 2.20. The van der Waals surface area contributed by atoms with Gasteiger partial charge in [0.25, 0.3) is 0 Å². The maximum absolute atomic E-state index is 11.1. The summed E-state index contributed by atoms with van der Waals surface area (Å²) in [7, 11) is -1.56. The molecule has 0 amide bonds. The summed E-state index contributed by atoms with van der Waals surface area (Å²) >= 11 is 0. The van der Waals surface area contributed by atoms with Crippen molar-refractivity contribution >= 4 is 16.0 Å². The van der Waals surface area contributed by atoms with Gasteiger partial charge in [0.1, 0.15) is 11.5 Å². The number of ether oxygens (including phenoxy) is 2. The third-order valence-corrected chi connectivity index (χ3v) is 5.23. The molecular formula is C22H27N5O4S. The number of hydrogen-bond donors (Lipinski definition) is 3. The minimum atomic E-state index is -3.19. The second kappa shape index (κ2) is 10.9. The van der Waals surface area contributed by atoms with Crippen LogP contribution < -0.4 is 25.2 Å². The summed E-state index contributed by atoms with van der Waals surface area (Å²) in [6, 6.07) is 16.8. The molecule has 1 heterocycles. The molecule has 0 bridgehead atoms. The van der Waals surface area contributed by atoms with Crippen molar-refractivity contribution in [3.05, 3.63) is 71.4 Å². The molecule has 0 aliphatic heterocycles. The van der Waals surface area contributed by atoms with Crippen LogP contribution >= 0.6 is 0 Å². The Morgan fingerprint density at radius 1 is 0.969 bits per heavy atom. The van der Waals surface area contributed by atoms with Crippen molar-refractivity contribution < 1.29 is 17.9 Å². The van der Waals surface area contributed by atoms with Crippen LogP contribution in [0.4, 0.5) is 5.95 Å². The lowest BCUT2D eigenvalue weighted by Crippen LogP contribution is -2.24. The van der Waals surface area contributed by atoms with E-state index in [2.05, 4.69) is 20.0 Å². The van der Waals surface area contributed by atoms with Gasteiger partial charge >= 0.3 is 0 Å².